The standard InChI is InChI=1S/C11H20N2O4/c1-17-6-9(11(15)16)13-8-4-2-7(3-5-8)10(12)14/h7-9,13H,2-6H2,1H3,(H2,12,14)(H,15,16). The first kappa shape index (κ1) is 13.9. The van der Waals surface area contributed by atoms with Crippen molar-refractivity contribution in [3.8, 4) is 0 Å². The minimum Gasteiger partial charge on any atom is -0.480 e. The van der Waals surface area contributed by atoms with Crippen LogP contribution in [0.25, 0.3) is 0 Å². The SMILES string of the molecule is COCC(NC1CCC(C(N)=O)CC1)C(=O)O. The maximum Gasteiger partial charge on any atom is 0.323 e. The molecule has 0 aromatic carbocycles. The number of methoxy groups -OCH3 is 1. The molecule has 1 rings (SSSR count). The number of ether oxygens (including phenoxy) is 1. The quantitative estimate of drug-likeness (QED) is 0.596. The van der Waals surface area contributed by atoms with E-state index in [9.17, 15) is 9.59 Å². The second-order valence-corrected chi connectivity index (χ2v) is 4.46. The Morgan fingerprint density at radius 1 is 1.41 bits per heavy atom. The fourth-order valence-corrected chi connectivity index (χ4v) is 2.19. The van der Waals surface area contributed by atoms with E-state index in [4.69, 9.17) is 15.6 Å². The van der Waals surface area contributed by atoms with Gasteiger partial charge in [0, 0.05) is 19.1 Å². The Morgan fingerprint density at radius 3 is 2.41 bits per heavy atom. The lowest BCUT2D eigenvalue weighted by molar-refractivity contribution is -0.141. The molecule has 0 radical (unpaired) electrons. The molecule has 1 saturated carbocycles. The second-order valence-electron chi connectivity index (χ2n) is 4.46. The molecule has 1 unspecified atom stereocenters. The van der Waals surface area contributed by atoms with Gasteiger partial charge in [-0.25, -0.2) is 0 Å². The number of hydrogen-bond acceptors (Lipinski definition) is 4. The van der Waals surface area contributed by atoms with E-state index in [1.807, 2.05) is 0 Å². The Morgan fingerprint density at radius 2 is 2.00 bits per heavy atom. The number of nitrogens with one attached hydrogen (secondary N) is 1. The van der Waals surface area contributed by atoms with Crippen LogP contribution in [0.5, 0.6) is 0 Å². The zero-order valence-electron chi connectivity index (χ0n) is 10.0. The number of amides is 1. The minimum atomic E-state index is -0.913. The number of primary amides is 1. The topological polar surface area (TPSA) is 102 Å². The molecule has 98 valence electrons. The van der Waals surface area contributed by atoms with Gasteiger partial charge in [-0.15, -0.1) is 0 Å². The number of carboxylic acid groups (broad SMARTS) is 1. The highest BCUT2D eigenvalue weighted by Crippen LogP contribution is 2.24. The van der Waals surface area contributed by atoms with Crippen LogP contribution in [0, 0.1) is 5.92 Å². The number of nitrogens with two attached hydrogens (primary N) is 1. The Hall–Kier alpha value is -1.14. The number of carbonyl (C=O) groups excluding carboxylic acids is 1. The normalized spacial score (nSPS) is 26.4. The van der Waals surface area contributed by atoms with E-state index in [2.05, 4.69) is 5.32 Å². The molecule has 0 spiro atoms. The van der Waals surface area contributed by atoms with Crippen molar-refractivity contribution in [2.75, 3.05) is 13.7 Å². The van der Waals surface area contributed by atoms with Crippen LogP contribution < -0.4 is 11.1 Å². The Labute approximate surface area is 101 Å². The molecule has 0 aliphatic heterocycles. The van der Waals surface area contributed by atoms with Crippen molar-refractivity contribution in [2.24, 2.45) is 11.7 Å². The van der Waals surface area contributed by atoms with E-state index in [0.29, 0.717) is 0 Å². The molecular formula is C11H20N2O4. The molecule has 1 atom stereocenters. The highest BCUT2D eigenvalue weighted by atomic mass is 16.5. The monoisotopic (exact) mass is 244 g/mol. The largest absolute Gasteiger partial charge is 0.480 e. The molecule has 4 N–H and O–H groups in total. The van der Waals surface area contributed by atoms with E-state index in [0.717, 1.165) is 25.7 Å². The summed E-state index contributed by atoms with van der Waals surface area (Å²) < 4.78 is 4.85. The second kappa shape index (κ2) is 6.56. The van der Waals surface area contributed by atoms with Gasteiger partial charge in [0.2, 0.25) is 5.91 Å². The lowest BCUT2D eigenvalue weighted by Gasteiger charge is -2.29. The van der Waals surface area contributed by atoms with Gasteiger partial charge in [0.15, 0.2) is 0 Å². The lowest BCUT2D eigenvalue weighted by Crippen LogP contribution is -2.47. The van der Waals surface area contributed by atoms with E-state index in [1.54, 1.807) is 0 Å². The van der Waals surface area contributed by atoms with Gasteiger partial charge >= 0.3 is 5.97 Å². The third-order valence-corrected chi connectivity index (χ3v) is 3.20. The number of hydrogen-bond donors (Lipinski definition) is 3. The Kier molecular flexibility index (Phi) is 5.37. The van der Waals surface area contributed by atoms with Crippen molar-refractivity contribution in [2.45, 2.75) is 37.8 Å². The fraction of sp³-hybridized carbons (Fsp3) is 0.818. The van der Waals surface area contributed by atoms with Crippen molar-refractivity contribution < 1.29 is 19.4 Å². The zero-order chi connectivity index (χ0) is 12.8. The molecule has 1 amide bonds. The van der Waals surface area contributed by atoms with Crippen LogP contribution in [0.2, 0.25) is 0 Å². The molecule has 1 aliphatic rings. The van der Waals surface area contributed by atoms with Gasteiger partial charge in [-0.05, 0) is 25.7 Å². The molecule has 0 aromatic rings. The number of aliphatic carboxylic acids is 1. The highest BCUT2D eigenvalue weighted by molar-refractivity contribution is 5.76. The van der Waals surface area contributed by atoms with E-state index >= 15 is 0 Å². The van der Waals surface area contributed by atoms with Gasteiger partial charge in [0.05, 0.1) is 6.61 Å². The van der Waals surface area contributed by atoms with Gasteiger partial charge in [-0.2, -0.15) is 0 Å². The summed E-state index contributed by atoms with van der Waals surface area (Å²) in [6, 6.07) is -0.558. The van der Waals surface area contributed by atoms with Gasteiger partial charge in [0.25, 0.3) is 0 Å². The first-order chi connectivity index (χ1) is 8.04. The van der Waals surface area contributed by atoms with Crippen molar-refractivity contribution >= 4 is 11.9 Å². The lowest BCUT2D eigenvalue weighted by atomic mass is 9.85. The summed E-state index contributed by atoms with van der Waals surface area (Å²) in [5.74, 6) is -1.22. The molecule has 1 aliphatic carbocycles. The highest BCUT2D eigenvalue weighted by Gasteiger charge is 2.27. The summed E-state index contributed by atoms with van der Waals surface area (Å²) >= 11 is 0. The molecule has 6 nitrogen and oxygen atoms in total. The number of rotatable bonds is 6. The summed E-state index contributed by atoms with van der Waals surface area (Å²) in [7, 11) is 1.47. The van der Waals surface area contributed by atoms with Crippen LogP contribution in [-0.4, -0.2) is 42.8 Å². The van der Waals surface area contributed by atoms with E-state index in [1.165, 1.54) is 7.11 Å². The van der Waals surface area contributed by atoms with Crippen LogP contribution in [0.4, 0.5) is 0 Å². The van der Waals surface area contributed by atoms with Crippen LogP contribution in [-0.2, 0) is 14.3 Å². The molecule has 6 heteroatoms. The van der Waals surface area contributed by atoms with Crippen LogP contribution in [0.1, 0.15) is 25.7 Å². The van der Waals surface area contributed by atoms with Gasteiger partial charge in [-0.3, -0.25) is 14.9 Å². The van der Waals surface area contributed by atoms with Crippen molar-refractivity contribution in [1.82, 2.24) is 5.32 Å². The average molecular weight is 244 g/mol. The van der Waals surface area contributed by atoms with E-state index < -0.39 is 12.0 Å². The summed E-state index contributed by atoms with van der Waals surface area (Å²) in [5, 5.41) is 12.0. The average Bonchev–Trinajstić information content (AvgIpc) is 2.29. The fourth-order valence-electron chi connectivity index (χ4n) is 2.19. The Bertz CT molecular complexity index is 275. The predicted molar refractivity (Wildman–Crippen MR) is 61.4 cm³/mol. The molecule has 1 fully saturated rings. The summed E-state index contributed by atoms with van der Waals surface area (Å²) in [5.41, 5.74) is 5.24. The third kappa shape index (κ3) is 4.32. The first-order valence-electron chi connectivity index (χ1n) is 5.81. The van der Waals surface area contributed by atoms with Gasteiger partial charge in [-0.1, -0.05) is 0 Å². The molecule has 0 aromatic heterocycles. The zero-order valence-corrected chi connectivity index (χ0v) is 10.0. The first-order valence-corrected chi connectivity index (χ1v) is 5.81. The van der Waals surface area contributed by atoms with Crippen LogP contribution in [0.3, 0.4) is 0 Å². The van der Waals surface area contributed by atoms with Gasteiger partial charge < -0.3 is 15.6 Å². The summed E-state index contributed by atoms with van der Waals surface area (Å²) in [6.07, 6.45) is 3.01. The smallest absolute Gasteiger partial charge is 0.323 e. The Balaban J connectivity index is 2.38. The van der Waals surface area contributed by atoms with Crippen LogP contribution >= 0.6 is 0 Å². The molecule has 17 heavy (non-hydrogen) atoms. The van der Waals surface area contributed by atoms with Crippen molar-refractivity contribution in [3.63, 3.8) is 0 Å². The molecular weight excluding hydrogens is 224 g/mol. The predicted octanol–water partition coefficient (Wildman–Crippen LogP) is -0.280. The van der Waals surface area contributed by atoms with Crippen molar-refractivity contribution in [1.29, 1.82) is 0 Å². The molecule has 0 bridgehead atoms. The van der Waals surface area contributed by atoms with Gasteiger partial charge in [0.1, 0.15) is 6.04 Å². The maximum atomic E-state index is 11.0. The summed E-state index contributed by atoms with van der Waals surface area (Å²) in [6.45, 7) is 0.144. The van der Waals surface area contributed by atoms with Crippen molar-refractivity contribution in [3.05, 3.63) is 0 Å². The minimum absolute atomic E-state index is 0.0567. The molecule has 0 saturated heterocycles. The van der Waals surface area contributed by atoms with E-state index in [-0.39, 0.29) is 24.5 Å². The third-order valence-electron chi connectivity index (χ3n) is 3.20. The maximum absolute atomic E-state index is 11.0. The summed E-state index contributed by atoms with van der Waals surface area (Å²) in [4.78, 5) is 21.9. The van der Waals surface area contributed by atoms with Crippen LogP contribution in [0.15, 0.2) is 0 Å². The number of carbonyl (C=O) groups is 2. The number of carboxylic acids is 1. The molecule has 0 heterocycles.